The number of hydrogen-bond donors (Lipinski definition) is 12. The zero-order valence-corrected chi connectivity index (χ0v) is 29.7. The topological polar surface area (TPSA) is 301 Å². The van der Waals surface area contributed by atoms with Crippen molar-refractivity contribution in [2.45, 2.75) is 9.79 Å². The van der Waals surface area contributed by atoms with E-state index in [0.717, 1.165) is 0 Å². The van der Waals surface area contributed by atoms with Gasteiger partial charge in [-0.3, -0.25) is 9.11 Å². The molecule has 0 unspecified atom stereocenters. The maximum absolute atomic E-state index is 11.1. The molecule has 6 aromatic carbocycles. The van der Waals surface area contributed by atoms with Crippen LogP contribution < -0.4 is 44.2 Å². The molecule has 0 amide bonds. The first-order valence-electron chi connectivity index (χ1n) is 15.6. The summed E-state index contributed by atoms with van der Waals surface area (Å²) in [7, 11) is -8.58. The SMILES string of the molecule is Nc1cc(N)c(Nc2ccc(S(=O)(=O)O)cc2)cc1Nc1ccc(S(=O)(=O)O)cc1.Nc1cc(N)c(Nc2cccc(O)c2)cc1Nc1cccc(O)c1. The van der Waals surface area contributed by atoms with Crippen molar-refractivity contribution in [3.05, 3.63) is 121 Å². The summed E-state index contributed by atoms with van der Waals surface area (Å²) in [5.74, 6) is 0.319. The predicted octanol–water partition coefficient (Wildman–Crippen LogP) is 6.58. The molecule has 18 heteroatoms. The summed E-state index contributed by atoms with van der Waals surface area (Å²) in [6.45, 7) is 0. The van der Waals surface area contributed by atoms with Crippen LogP contribution in [0.3, 0.4) is 0 Å². The Kier molecular flexibility index (Phi) is 11.2. The van der Waals surface area contributed by atoms with Crippen molar-refractivity contribution in [1.29, 1.82) is 0 Å². The van der Waals surface area contributed by atoms with Gasteiger partial charge in [0, 0.05) is 34.9 Å². The minimum atomic E-state index is -4.29. The number of benzene rings is 6. The summed E-state index contributed by atoms with van der Waals surface area (Å²) in [5, 5.41) is 31.4. The largest absolute Gasteiger partial charge is 0.508 e. The van der Waals surface area contributed by atoms with E-state index in [1.165, 1.54) is 54.6 Å². The first-order valence-corrected chi connectivity index (χ1v) is 18.5. The number of anilines is 12. The summed E-state index contributed by atoms with van der Waals surface area (Å²) in [6.07, 6.45) is 0. The summed E-state index contributed by atoms with van der Waals surface area (Å²) < 4.78 is 62.6. The number of nitrogen functional groups attached to an aromatic ring is 4. The maximum atomic E-state index is 11.1. The Morgan fingerprint density at radius 3 is 0.963 bits per heavy atom. The summed E-state index contributed by atoms with van der Waals surface area (Å²) in [6, 6.07) is 30.8. The molecule has 0 saturated carbocycles. The lowest BCUT2D eigenvalue weighted by molar-refractivity contribution is 0.475. The van der Waals surface area contributed by atoms with Crippen LogP contribution in [-0.4, -0.2) is 36.2 Å². The fourth-order valence-corrected chi connectivity index (χ4v) is 5.87. The molecule has 0 bridgehead atoms. The lowest BCUT2D eigenvalue weighted by Crippen LogP contribution is -2.03. The van der Waals surface area contributed by atoms with Gasteiger partial charge in [0.15, 0.2) is 0 Å². The fraction of sp³-hybridized carbons (Fsp3) is 0. The number of phenolic OH excluding ortho intramolecular Hbond substituents is 2. The zero-order chi connectivity index (χ0) is 39.2. The fourth-order valence-electron chi connectivity index (χ4n) is 4.91. The van der Waals surface area contributed by atoms with Crippen molar-refractivity contribution in [2.75, 3.05) is 44.2 Å². The van der Waals surface area contributed by atoms with Crippen LogP contribution in [0.2, 0.25) is 0 Å². The molecule has 0 radical (unpaired) electrons. The molecule has 16 nitrogen and oxygen atoms in total. The van der Waals surface area contributed by atoms with Gasteiger partial charge in [-0.15, -0.1) is 0 Å². The highest BCUT2D eigenvalue weighted by atomic mass is 32.2. The standard InChI is InChI=1S/C18H18N4O6S2.C18H18N4O2/c19-15-9-16(20)18(22-12-3-7-14(8-4-12)30(26,27)28)10-17(15)21-11-1-5-13(6-2-11)29(23,24)25;19-15-9-16(20)18(22-12-4-2-6-14(24)8-12)10-17(15)21-11-3-1-5-13(23)7-11/h1-10,21-22H,19-20H2,(H,23,24,25)(H,26,27,28);1-10,21-24H,19-20H2. The van der Waals surface area contributed by atoms with Crippen LogP contribution in [0, 0.1) is 0 Å². The van der Waals surface area contributed by atoms with Crippen molar-refractivity contribution < 1.29 is 36.2 Å². The van der Waals surface area contributed by atoms with E-state index < -0.39 is 20.2 Å². The third-order valence-electron chi connectivity index (χ3n) is 7.56. The van der Waals surface area contributed by atoms with Crippen LogP contribution in [0.25, 0.3) is 0 Å². The van der Waals surface area contributed by atoms with Gasteiger partial charge in [-0.05, 0) is 97.1 Å². The molecular weight excluding hydrogens is 737 g/mol. The zero-order valence-electron chi connectivity index (χ0n) is 28.1. The lowest BCUT2D eigenvalue weighted by Gasteiger charge is -2.15. The van der Waals surface area contributed by atoms with E-state index in [2.05, 4.69) is 21.3 Å². The van der Waals surface area contributed by atoms with Crippen molar-refractivity contribution in [3.63, 3.8) is 0 Å². The van der Waals surface area contributed by atoms with E-state index in [1.807, 2.05) is 12.1 Å². The highest BCUT2D eigenvalue weighted by molar-refractivity contribution is 7.86. The van der Waals surface area contributed by atoms with Crippen molar-refractivity contribution >= 4 is 88.5 Å². The minimum Gasteiger partial charge on any atom is -0.508 e. The van der Waals surface area contributed by atoms with Crippen LogP contribution in [0.4, 0.5) is 68.2 Å². The van der Waals surface area contributed by atoms with Crippen LogP contribution in [-0.2, 0) is 20.2 Å². The van der Waals surface area contributed by atoms with Gasteiger partial charge in [-0.2, -0.15) is 16.8 Å². The maximum Gasteiger partial charge on any atom is 0.294 e. The van der Waals surface area contributed by atoms with Crippen LogP contribution in [0.5, 0.6) is 11.5 Å². The summed E-state index contributed by atoms with van der Waals surface area (Å²) in [4.78, 5) is -0.483. The molecule has 0 spiro atoms. The Morgan fingerprint density at radius 1 is 0.389 bits per heavy atom. The van der Waals surface area contributed by atoms with Crippen LogP contribution >= 0.6 is 0 Å². The average molecular weight is 773 g/mol. The molecule has 6 rings (SSSR count). The molecule has 0 aliphatic carbocycles. The van der Waals surface area contributed by atoms with Crippen molar-refractivity contribution in [2.24, 2.45) is 0 Å². The molecule has 280 valence electrons. The van der Waals surface area contributed by atoms with E-state index in [4.69, 9.17) is 32.0 Å². The van der Waals surface area contributed by atoms with E-state index >= 15 is 0 Å². The smallest absolute Gasteiger partial charge is 0.294 e. The molecule has 0 saturated heterocycles. The van der Waals surface area contributed by atoms with Gasteiger partial charge in [0.2, 0.25) is 0 Å². The second-order valence-corrected chi connectivity index (χ2v) is 14.5. The quantitative estimate of drug-likeness (QED) is 0.0517. The van der Waals surface area contributed by atoms with Gasteiger partial charge < -0.3 is 54.4 Å². The Hall–Kier alpha value is -6.86. The summed E-state index contributed by atoms with van der Waals surface area (Å²) >= 11 is 0. The van der Waals surface area contributed by atoms with Crippen molar-refractivity contribution in [3.8, 4) is 11.5 Å². The number of nitrogens with one attached hydrogen (secondary N) is 4. The van der Waals surface area contributed by atoms with Crippen molar-refractivity contribution in [1.82, 2.24) is 0 Å². The molecule has 0 heterocycles. The highest BCUT2D eigenvalue weighted by Crippen LogP contribution is 2.35. The molecule has 0 fully saturated rings. The number of aromatic hydroxyl groups is 2. The van der Waals surface area contributed by atoms with Gasteiger partial charge in [-0.25, -0.2) is 0 Å². The van der Waals surface area contributed by atoms with E-state index in [1.54, 1.807) is 54.6 Å². The molecule has 6 aromatic rings. The highest BCUT2D eigenvalue weighted by Gasteiger charge is 2.13. The third-order valence-corrected chi connectivity index (χ3v) is 9.29. The molecule has 16 N–H and O–H groups in total. The molecule has 54 heavy (non-hydrogen) atoms. The van der Waals surface area contributed by atoms with E-state index in [0.29, 0.717) is 68.2 Å². The Labute approximate surface area is 310 Å². The average Bonchev–Trinajstić information content (AvgIpc) is 3.09. The minimum absolute atomic E-state index is 0.159. The first-order chi connectivity index (χ1) is 25.4. The summed E-state index contributed by atoms with van der Waals surface area (Å²) in [5.41, 5.74) is 30.4. The van der Waals surface area contributed by atoms with Gasteiger partial charge in [0.1, 0.15) is 11.5 Å². The molecule has 0 aromatic heterocycles. The van der Waals surface area contributed by atoms with E-state index in [9.17, 15) is 27.0 Å². The normalized spacial score (nSPS) is 11.1. The number of hydrogen-bond acceptors (Lipinski definition) is 14. The molecule has 0 aliphatic heterocycles. The second-order valence-electron chi connectivity index (χ2n) is 11.7. The Bertz CT molecular complexity index is 2350. The number of nitrogens with two attached hydrogens (primary N) is 4. The number of rotatable bonds is 10. The molecule has 0 aliphatic rings. The molecular formula is C36H36N8O8S2. The second kappa shape index (κ2) is 15.8. The van der Waals surface area contributed by atoms with Gasteiger partial charge >= 0.3 is 0 Å². The third kappa shape index (κ3) is 10.1. The van der Waals surface area contributed by atoms with Gasteiger partial charge in [0.05, 0.1) is 55.3 Å². The Morgan fingerprint density at radius 2 is 0.685 bits per heavy atom. The number of phenols is 2. The van der Waals surface area contributed by atoms with Crippen LogP contribution in [0.15, 0.2) is 131 Å². The van der Waals surface area contributed by atoms with Gasteiger partial charge in [-0.1, -0.05) is 12.1 Å². The molecule has 0 atom stereocenters. The van der Waals surface area contributed by atoms with Gasteiger partial charge in [0.25, 0.3) is 20.2 Å². The Balaban J connectivity index is 0.000000213. The van der Waals surface area contributed by atoms with Crippen LogP contribution in [0.1, 0.15) is 0 Å². The van der Waals surface area contributed by atoms with E-state index in [-0.39, 0.29) is 21.3 Å². The lowest BCUT2D eigenvalue weighted by atomic mass is 10.2. The first kappa shape index (κ1) is 38.4. The predicted molar refractivity (Wildman–Crippen MR) is 212 cm³/mol. The monoisotopic (exact) mass is 772 g/mol.